The highest BCUT2D eigenvalue weighted by Crippen LogP contribution is 2.37. The minimum absolute atomic E-state index is 0.147. The highest BCUT2D eigenvalue weighted by Gasteiger charge is 2.15. The number of benzene rings is 2. The van der Waals surface area contributed by atoms with Gasteiger partial charge in [-0.1, -0.05) is 11.6 Å². The number of anilines is 1. The summed E-state index contributed by atoms with van der Waals surface area (Å²) in [4.78, 5) is 13.0. The Kier molecular flexibility index (Phi) is 6.04. The summed E-state index contributed by atoms with van der Waals surface area (Å²) in [5.41, 5.74) is 0.502. The van der Waals surface area contributed by atoms with Crippen molar-refractivity contribution in [2.45, 2.75) is 17.7 Å². The Labute approximate surface area is 154 Å². The molecule has 0 saturated carbocycles. The molecule has 1 aliphatic heterocycles. The summed E-state index contributed by atoms with van der Waals surface area (Å²) in [7, 11) is 0. The van der Waals surface area contributed by atoms with Crippen LogP contribution in [0.3, 0.4) is 0 Å². The number of rotatable bonds is 5. The SMILES string of the molecule is O=C(CCSc1ccc(F)cc1)Nc1cc2c(cc1Cl)OCCCO2. The zero-order valence-electron chi connectivity index (χ0n) is 13.4. The van der Waals surface area contributed by atoms with Gasteiger partial charge in [0.25, 0.3) is 0 Å². The first-order valence-corrected chi connectivity index (χ1v) is 9.25. The molecule has 0 unspecified atom stereocenters. The summed E-state index contributed by atoms with van der Waals surface area (Å²) in [5, 5.41) is 3.20. The minimum Gasteiger partial charge on any atom is -0.490 e. The van der Waals surface area contributed by atoms with E-state index in [1.54, 1.807) is 24.3 Å². The molecule has 0 radical (unpaired) electrons. The van der Waals surface area contributed by atoms with Gasteiger partial charge in [-0.25, -0.2) is 4.39 Å². The Balaban J connectivity index is 1.55. The van der Waals surface area contributed by atoms with Crippen LogP contribution in [0, 0.1) is 5.82 Å². The molecule has 1 amide bonds. The molecule has 0 spiro atoms. The van der Waals surface area contributed by atoms with Crippen LogP contribution >= 0.6 is 23.4 Å². The predicted molar refractivity (Wildman–Crippen MR) is 97.4 cm³/mol. The van der Waals surface area contributed by atoms with Crippen LogP contribution in [0.2, 0.25) is 5.02 Å². The molecule has 0 saturated heterocycles. The number of carbonyl (C=O) groups is 1. The standard InChI is InChI=1S/C18H17ClFNO3S/c19-14-10-16-17(24-8-1-7-23-16)11-15(14)21-18(22)6-9-25-13-4-2-12(20)3-5-13/h2-5,10-11H,1,6-9H2,(H,21,22). The third-order valence-corrected chi connectivity index (χ3v) is 4.85. The molecule has 2 aromatic carbocycles. The maximum Gasteiger partial charge on any atom is 0.225 e. The molecule has 7 heteroatoms. The van der Waals surface area contributed by atoms with E-state index in [-0.39, 0.29) is 11.7 Å². The van der Waals surface area contributed by atoms with Crippen LogP contribution in [0.4, 0.5) is 10.1 Å². The molecular formula is C18H17ClFNO3S. The first-order chi connectivity index (χ1) is 12.1. The van der Waals surface area contributed by atoms with Gasteiger partial charge in [0.1, 0.15) is 5.82 Å². The van der Waals surface area contributed by atoms with Gasteiger partial charge in [0.05, 0.1) is 23.9 Å². The molecular weight excluding hydrogens is 365 g/mol. The quantitative estimate of drug-likeness (QED) is 0.758. The average molecular weight is 382 g/mol. The molecule has 0 aliphatic carbocycles. The van der Waals surface area contributed by atoms with Crippen molar-refractivity contribution in [3.8, 4) is 11.5 Å². The van der Waals surface area contributed by atoms with Gasteiger partial charge in [0.2, 0.25) is 5.91 Å². The smallest absolute Gasteiger partial charge is 0.225 e. The van der Waals surface area contributed by atoms with E-state index in [0.717, 1.165) is 11.3 Å². The van der Waals surface area contributed by atoms with Gasteiger partial charge in [-0.05, 0) is 24.3 Å². The monoisotopic (exact) mass is 381 g/mol. The fraction of sp³-hybridized carbons (Fsp3) is 0.278. The van der Waals surface area contributed by atoms with E-state index in [4.69, 9.17) is 21.1 Å². The molecule has 4 nitrogen and oxygen atoms in total. The summed E-state index contributed by atoms with van der Waals surface area (Å²) in [6.07, 6.45) is 1.11. The maximum atomic E-state index is 12.9. The summed E-state index contributed by atoms with van der Waals surface area (Å²) in [6.45, 7) is 1.14. The van der Waals surface area contributed by atoms with Gasteiger partial charge >= 0.3 is 0 Å². The van der Waals surface area contributed by atoms with E-state index in [9.17, 15) is 9.18 Å². The lowest BCUT2D eigenvalue weighted by Crippen LogP contribution is -2.12. The molecule has 1 heterocycles. The van der Waals surface area contributed by atoms with Gasteiger partial charge in [0, 0.05) is 35.6 Å². The van der Waals surface area contributed by atoms with Crippen molar-refractivity contribution in [3.05, 3.63) is 47.2 Å². The zero-order valence-corrected chi connectivity index (χ0v) is 15.0. The third-order valence-electron chi connectivity index (χ3n) is 3.52. The second-order valence-corrected chi connectivity index (χ2v) is 7.01. The molecule has 25 heavy (non-hydrogen) atoms. The van der Waals surface area contributed by atoms with E-state index in [0.29, 0.717) is 47.6 Å². The highest BCUT2D eigenvalue weighted by atomic mass is 35.5. The molecule has 3 rings (SSSR count). The van der Waals surface area contributed by atoms with Crippen molar-refractivity contribution in [2.24, 2.45) is 0 Å². The van der Waals surface area contributed by atoms with E-state index in [1.807, 2.05) is 0 Å². The van der Waals surface area contributed by atoms with Crippen molar-refractivity contribution in [1.82, 2.24) is 0 Å². The highest BCUT2D eigenvalue weighted by molar-refractivity contribution is 7.99. The first kappa shape index (κ1) is 17.9. The summed E-state index contributed by atoms with van der Waals surface area (Å²) >= 11 is 7.70. The van der Waals surface area contributed by atoms with Crippen molar-refractivity contribution in [3.63, 3.8) is 0 Å². The number of fused-ring (bicyclic) bond motifs is 1. The van der Waals surface area contributed by atoms with Crippen LogP contribution in [0.15, 0.2) is 41.3 Å². The molecule has 0 fully saturated rings. The second-order valence-electron chi connectivity index (χ2n) is 5.43. The van der Waals surface area contributed by atoms with E-state index < -0.39 is 0 Å². The van der Waals surface area contributed by atoms with Crippen molar-refractivity contribution in [1.29, 1.82) is 0 Å². The lowest BCUT2D eigenvalue weighted by molar-refractivity contribution is -0.115. The number of nitrogens with one attached hydrogen (secondary N) is 1. The van der Waals surface area contributed by atoms with Gasteiger partial charge in [-0.3, -0.25) is 4.79 Å². The van der Waals surface area contributed by atoms with Crippen LogP contribution in [-0.2, 0) is 4.79 Å². The van der Waals surface area contributed by atoms with E-state index in [2.05, 4.69) is 5.32 Å². The second kappa shape index (κ2) is 8.45. The van der Waals surface area contributed by atoms with E-state index in [1.165, 1.54) is 23.9 Å². The summed E-state index contributed by atoms with van der Waals surface area (Å²) < 4.78 is 24.0. The Bertz CT molecular complexity index is 755. The molecule has 132 valence electrons. The maximum absolute atomic E-state index is 12.9. The zero-order chi connectivity index (χ0) is 17.6. The van der Waals surface area contributed by atoms with Crippen LogP contribution in [0.1, 0.15) is 12.8 Å². The van der Waals surface area contributed by atoms with Gasteiger partial charge in [-0.15, -0.1) is 11.8 Å². The normalized spacial score (nSPS) is 13.2. The molecule has 2 aromatic rings. The predicted octanol–water partition coefficient (Wildman–Crippen LogP) is 4.76. The number of hydrogen-bond acceptors (Lipinski definition) is 4. The summed E-state index contributed by atoms with van der Waals surface area (Å²) in [6, 6.07) is 9.54. The molecule has 0 bridgehead atoms. The topological polar surface area (TPSA) is 47.6 Å². The molecule has 1 N–H and O–H groups in total. The first-order valence-electron chi connectivity index (χ1n) is 7.89. The minimum atomic E-state index is -0.272. The third kappa shape index (κ3) is 5.03. The van der Waals surface area contributed by atoms with Crippen LogP contribution in [0.5, 0.6) is 11.5 Å². The number of thioether (sulfide) groups is 1. The largest absolute Gasteiger partial charge is 0.490 e. The number of hydrogen-bond donors (Lipinski definition) is 1. The lowest BCUT2D eigenvalue weighted by atomic mass is 10.2. The fourth-order valence-electron chi connectivity index (χ4n) is 2.28. The number of amides is 1. The Morgan fingerprint density at radius 1 is 1.16 bits per heavy atom. The van der Waals surface area contributed by atoms with Gasteiger partial charge in [0.15, 0.2) is 11.5 Å². The van der Waals surface area contributed by atoms with E-state index >= 15 is 0 Å². The van der Waals surface area contributed by atoms with Gasteiger partial charge in [-0.2, -0.15) is 0 Å². The summed E-state index contributed by atoms with van der Waals surface area (Å²) in [5.74, 6) is 1.34. The number of carbonyl (C=O) groups excluding carboxylic acids is 1. The molecule has 0 atom stereocenters. The van der Waals surface area contributed by atoms with Crippen molar-refractivity contribution >= 4 is 35.0 Å². The van der Waals surface area contributed by atoms with Gasteiger partial charge < -0.3 is 14.8 Å². The lowest BCUT2D eigenvalue weighted by Gasteiger charge is -2.12. The Hall–Kier alpha value is -1.92. The van der Waals surface area contributed by atoms with Crippen molar-refractivity contribution in [2.75, 3.05) is 24.3 Å². The number of ether oxygens (including phenoxy) is 2. The molecule has 1 aliphatic rings. The van der Waals surface area contributed by atoms with Crippen molar-refractivity contribution < 1.29 is 18.7 Å². The fourth-order valence-corrected chi connectivity index (χ4v) is 3.34. The Morgan fingerprint density at radius 3 is 2.56 bits per heavy atom. The van der Waals surface area contributed by atoms with Crippen LogP contribution in [0.25, 0.3) is 0 Å². The van der Waals surface area contributed by atoms with Crippen LogP contribution < -0.4 is 14.8 Å². The number of halogens is 2. The average Bonchev–Trinajstić information content (AvgIpc) is 2.82. The van der Waals surface area contributed by atoms with Crippen LogP contribution in [-0.4, -0.2) is 24.9 Å². The molecule has 0 aromatic heterocycles. The Morgan fingerprint density at radius 2 is 1.84 bits per heavy atom.